The van der Waals surface area contributed by atoms with Crippen LogP contribution in [0.15, 0.2) is 12.2 Å². The van der Waals surface area contributed by atoms with Crippen LogP contribution in [0.5, 0.6) is 0 Å². The topological polar surface area (TPSA) is 6.48 Å². The molecule has 2 fully saturated rings. The molecule has 2 saturated heterocycles. The first-order chi connectivity index (χ1) is 10.1. The van der Waals surface area contributed by atoms with Gasteiger partial charge in [-0.25, -0.2) is 0 Å². The van der Waals surface area contributed by atoms with Crippen molar-refractivity contribution in [1.29, 1.82) is 0 Å². The van der Waals surface area contributed by atoms with Crippen molar-refractivity contribution in [1.82, 2.24) is 9.80 Å². The molecule has 21 heavy (non-hydrogen) atoms. The van der Waals surface area contributed by atoms with Crippen molar-refractivity contribution in [3.8, 4) is 0 Å². The Morgan fingerprint density at radius 3 is 2.24 bits per heavy atom. The van der Waals surface area contributed by atoms with E-state index in [1.54, 1.807) is 0 Å². The highest BCUT2D eigenvalue weighted by atomic mass is 15.1. The van der Waals surface area contributed by atoms with Crippen molar-refractivity contribution in [3.05, 3.63) is 12.2 Å². The van der Waals surface area contributed by atoms with E-state index in [-0.39, 0.29) is 0 Å². The maximum Gasteiger partial charge on any atom is 0.00186 e. The number of rotatable bonds is 7. The van der Waals surface area contributed by atoms with Crippen molar-refractivity contribution in [3.63, 3.8) is 0 Å². The molecule has 2 aliphatic heterocycles. The molecular formula is C19H36N2. The van der Waals surface area contributed by atoms with E-state index >= 15 is 0 Å². The molecule has 0 saturated carbocycles. The van der Waals surface area contributed by atoms with Crippen molar-refractivity contribution < 1.29 is 0 Å². The van der Waals surface area contributed by atoms with Gasteiger partial charge in [-0.3, -0.25) is 0 Å². The minimum atomic E-state index is 0.645. The molecule has 2 nitrogen and oxygen atoms in total. The van der Waals surface area contributed by atoms with Crippen LogP contribution >= 0.6 is 0 Å². The molecule has 1 atom stereocenters. The number of hydrogen-bond donors (Lipinski definition) is 0. The molecule has 0 aromatic rings. The zero-order chi connectivity index (χ0) is 15.2. The first kappa shape index (κ1) is 17.0. The molecule has 0 aromatic carbocycles. The summed E-state index contributed by atoms with van der Waals surface area (Å²) < 4.78 is 0. The van der Waals surface area contributed by atoms with Gasteiger partial charge in [0.25, 0.3) is 0 Å². The van der Waals surface area contributed by atoms with Crippen molar-refractivity contribution in [2.24, 2.45) is 17.8 Å². The molecule has 0 bridgehead atoms. The minimum Gasteiger partial charge on any atom is -0.303 e. The minimum absolute atomic E-state index is 0.645. The van der Waals surface area contributed by atoms with Gasteiger partial charge in [0.1, 0.15) is 0 Å². The van der Waals surface area contributed by atoms with Crippen LogP contribution < -0.4 is 0 Å². The Balaban J connectivity index is 1.61. The second kappa shape index (κ2) is 8.33. The third-order valence-corrected chi connectivity index (χ3v) is 5.76. The molecule has 0 N–H and O–H groups in total. The lowest BCUT2D eigenvalue weighted by Crippen LogP contribution is -2.35. The fourth-order valence-corrected chi connectivity index (χ4v) is 3.90. The van der Waals surface area contributed by atoms with E-state index in [9.17, 15) is 0 Å². The van der Waals surface area contributed by atoms with Gasteiger partial charge in [-0.1, -0.05) is 32.9 Å². The Morgan fingerprint density at radius 1 is 1.05 bits per heavy atom. The first-order valence-corrected chi connectivity index (χ1v) is 9.20. The van der Waals surface area contributed by atoms with Crippen LogP contribution in [0.25, 0.3) is 0 Å². The van der Waals surface area contributed by atoms with Gasteiger partial charge in [0, 0.05) is 13.1 Å². The molecule has 2 heterocycles. The van der Waals surface area contributed by atoms with Crippen LogP contribution in [0.2, 0.25) is 0 Å². The number of piperidine rings is 1. The number of hydrogen-bond acceptors (Lipinski definition) is 2. The highest BCUT2D eigenvalue weighted by molar-refractivity contribution is 4.98. The van der Waals surface area contributed by atoms with Crippen LogP contribution in [-0.2, 0) is 0 Å². The lowest BCUT2D eigenvalue weighted by molar-refractivity contribution is 0.167. The molecule has 2 aliphatic rings. The highest BCUT2D eigenvalue weighted by Gasteiger charge is 2.26. The van der Waals surface area contributed by atoms with E-state index in [4.69, 9.17) is 0 Å². The second-order valence-corrected chi connectivity index (χ2v) is 7.63. The van der Waals surface area contributed by atoms with E-state index in [1.807, 2.05) is 0 Å². The lowest BCUT2D eigenvalue weighted by atomic mass is 9.86. The molecule has 2 rings (SSSR count). The fraction of sp³-hybridized carbons (Fsp3) is 0.895. The maximum atomic E-state index is 4.21. The molecule has 0 aromatic heterocycles. The van der Waals surface area contributed by atoms with E-state index in [1.165, 1.54) is 76.9 Å². The Bertz CT molecular complexity index is 316. The Morgan fingerprint density at radius 2 is 1.67 bits per heavy atom. The van der Waals surface area contributed by atoms with Crippen LogP contribution in [-0.4, -0.2) is 49.1 Å². The van der Waals surface area contributed by atoms with Gasteiger partial charge in [-0.15, -0.1) is 0 Å². The summed E-state index contributed by atoms with van der Waals surface area (Å²) in [6, 6.07) is 0. The largest absolute Gasteiger partial charge is 0.303 e. The molecule has 0 spiro atoms. The molecule has 0 aliphatic carbocycles. The summed E-state index contributed by atoms with van der Waals surface area (Å²) >= 11 is 0. The van der Waals surface area contributed by atoms with Crippen molar-refractivity contribution in [2.45, 2.75) is 52.9 Å². The van der Waals surface area contributed by atoms with E-state index in [2.05, 4.69) is 37.1 Å². The van der Waals surface area contributed by atoms with Gasteiger partial charge < -0.3 is 9.80 Å². The Kier molecular flexibility index (Phi) is 6.75. The summed E-state index contributed by atoms with van der Waals surface area (Å²) in [5, 5.41) is 0. The third-order valence-electron chi connectivity index (χ3n) is 5.76. The summed E-state index contributed by atoms with van der Waals surface area (Å²) in [5.41, 5.74) is 1.42. The Hall–Kier alpha value is -0.340. The monoisotopic (exact) mass is 292 g/mol. The molecule has 0 radical (unpaired) electrons. The molecular weight excluding hydrogens is 256 g/mol. The summed E-state index contributed by atoms with van der Waals surface area (Å²) in [7, 11) is 0. The normalized spacial score (nSPS) is 25.8. The average molecular weight is 293 g/mol. The highest BCUT2D eigenvalue weighted by Crippen LogP contribution is 2.29. The number of nitrogens with zero attached hydrogens (tertiary/aromatic N) is 2. The Labute approximate surface area is 132 Å². The van der Waals surface area contributed by atoms with E-state index in [0.717, 1.165) is 11.8 Å². The van der Waals surface area contributed by atoms with Crippen LogP contribution in [0, 0.1) is 17.8 Å². The molecule has 0 amide bonds. The standard InChI is InChI=1S/C19H36N2/c1-5-20-11-9-19(15-20)14-18-7-12-21(13-8-18)10-6-17(4)16(2)3/h16,18-19H,4-15H2,1-3H3. The zero-order valence-corrected chi connectivity index (χ0v) is 14.6. The molecule has 2 heteroatoms. The van der Waals surface area contributed by atoms with Crippen LogP contribution in [0.3, 0.4) is 0 Å². The van der Waals surface area contributed by atoms with Gasteiger partial charge in [-0.2, -0.15) is 0 Å². The quantitative estimate of drug-likeness (QED) is 0.654. The van der Waals surface area contributed by atoms with Gasteiger partial charge in [0.15, 0.2) is 0 Å². The van der Waals surface area contributed by atoms with Gasteiger partial charge >= 0.3 is 0 Å². The first-order valence-electron chi connectivity index (χ1n) is 9.20. The van der Waals surface area contributed by atoms with Gasteiger partial charge in [-0.05, 0) is 76.0 Å². The molecule has 122 valence electrons. The summed E-state index contributed by atoms with van der Waals surface area (Å²) in [5.74, 6) is 2.63. The van der Waals surface area contributed by atoms with Crippen molar-refractivity contribution >= 4 is 0 Å². The SMILES string of the molecule is C=C(CCN1CCC(CC2CCN(CC)C2)CC1)C(C)C. The van der Waals surface area contributed by atoms with E-state index in [0.29, 0.717) is 5.92 Å². The smallest absolute Gasteiger partial charge is 0.00186 e. The average Bonchev–Trinajstić information content (AvgIpc) is 2.93. The third kappa shape index (κ3) is 5.41. The molecule has 1 unspecified atom stereocenters. The summed E-state index contributed by atoms with van der Waals surface area (Å²) in [6.45, 7) is 18.9. The summed E-state index contributed by atoms with van der Waals surface area (Å²) in [6.07, 6.45) is 6.98. The van der Waals surface area contributed by atoms with Crippen LogP contribution in [0.1, 0.15) is 52.9 Å². The second-order valence-electron chi connectivity index (χ2n) is 7.63. The zero-order valence-electron chi connectivity index (χ0n) is 14.6. The predicted molar refractivity (Wildman–Crippen MR) is 92.6 cm³/mol. The van der Waals surface area contributed by atoms with Gasteiger partial charge in [0.05, 0.1) is 0 Å². The fourth-order valence-electron chi connectivity index (χ4n) is 3.90. The summed E-state index contributed by atoms with van der Waals surface area (Å²) in [4.78, 5) is 5.29. The van der Waals surface area contributed by atoms with Gasteiger partial charge in [0.2, 0.25) is 0 Å². The predicted octanol–water partition coefficient (Wildman–Crippen LogP) is 4.03. The lowest BCUT2D eigenvalue weighted by Gasteiger charge is -2.33. The maximum absolute atomic E-state index is 4.21. The number of likely N-dealkylation sites (tertiary alicyclic amines) is 2. The van der Waals surface area contributed by atoms with E-state index < -0.39 is 0 Å². The van der Waals surface area contributed by atoms with Crippen LogP contribution in [0.4, 0.5) is 0 Å². The van der Waals surface area contributed by atoms with Crippen molar-refractivity contribution in [2.75, 3.05) is 39.3 Å².